The maximum atomic E-state index is 13.7. The third kappa shape index (κ3) is 2.59. The Morgan fingerprint density at radius 1 is 1.50 bits per heavy atom. The quantitative estimate of drug-likeness (QED) is 0.938. The lowest BCUT2D eigenvalue weighted by Gasteiger charge is -2.02. The zero-order chi connectivity index (χ0) is 13.1. The average molecular weight is 315 g/mol. The van der Waals surface area contributed by atoms with Gasteiger partial charge in [0.2, 0.25) is 5.82 Å². The highest BCUT2D eigenvalue weighted by Gasteiger charge is 2.19. The molecule has 0 spiro atoms. The molecule has 1 unspecified atom stereocenters. The van der Waals surface area contributed by atoms with Gasteiger partial charge in [-0.3, -0.25) is 0 Å². The molecule has 96 valence electrons. The number of hydrogen-bond donors (Lipinski definition) is 1. The average Bonchev–Trinajstić information content (AvgIpc) is 2.78. The smallest absolute Gasteiger partial charge is 0.262 e. The van der Waals surface area contributed by atoms with Crippen LogP contribution < -0.4 is 0 Å². The molecule has 4 nitrogen and oxygen atoms in total. The highest BCUT2D eigenvalue weighted by Crippen LogP contribution is 2.30. The fourth-order valence-corrected chi connectivity index (χ4v) is 2.09. The van der Waals surface area contributed by atoms with E-state index in [0.29, 0.717) is 10.9 Å². The number of hydrogen-bond acceptors (Lipinski definition) is 4. The van der Waals surface area contributed by atoms with Gasteiger partial charge in [-0.25, -0.2) is 4.39 Å². The van der Waals surface area contributed by atoms with Gasteiger partial charge in [0.25, 0.3) is 5.89 Å². The van der Waals surface area contributed by atoms with Crippen LogP contribution in [-0.4, -0.2) is 15.2 Å². The topological polar surface area (TPSA) is 59.2 Å². The van der Waals surface area contributed by atoms with E-state index in [9.17, 15) is 9.50 Å². The number of aliphatic hydroxyl groups excluding tert-OH is 1. The van der Waals surface area contributed by atoms with Gasteiger partial charge in [-0.15, -0.1) is 0 Å². The van der Waals surface area contributed by atoms with Gasteiger partial charge in [0.15, 0.2) is 0 Å². The van der Waals surface area contributed by atoms with Crippen LogP contribution in [0.2, 0.25) is 0 Å². The van der Waals surface area contributed by atoms with Gasteiger partial charge in [0, 0.05) is 4.47 Å². The molecule has 0 saturated carbocycles. The molecular formula is C12H12BrFN2O2. The summed E-state index contributed by atoms with van der Waals surface area (Å²) in [5.41, 5.74) is 0.208. The van der Waals surface area contributed by atoms with E-state index in [-0.39, 0.29) is 17.3 Å². The fraction of sp³-hybridized carbons (Fsp3) is 0.333. The van der Waals surface area contributed by atoms with Crippen molar-refractivity contribution in [3.63, 3.8) is 0 Å². The Kier molecular flexibility index (Phi) is 4.08. The number of nitrogens with zero attached hydrogens (tertiary/aromatic N) is 2. The molecule has 0 amide bonds. The molecule has 6 heteroatoms. The molecule has 1 N–H and O–H groups in total. The third-order valence-corrected chi connectivity index (χ3v) is 3.14. The molecule has 0 aliphatic heterocycles. The van der Waals surface area contributed by atoms with Crippen LogP contribution >= 0.6 is 15.9 Å². The molecule has 1 aromatic carbocycles. The van der Waals surface area contributed by atoms with Gasteiger partial charge in [0.05, 0.1) is 5.56 Å². The summed E-state index contributed by atoms with van der Waals surface area (Å²) in [5, 5.41) is 13.4. The summed E-state index contributed by atoms with van der Waals surface area (Å²) >= 11 is 3.23. The van der Waals surface area contributed by atoms with E-state index in [1.54, 1.807) is 12.1 Å². The van der Waals surface area contributed by atoms with Crippen molar-refractivity contribution in [3.05, 3.63) is 34.3 Å². The predicted octanol–water partition coefficient (Wildman–Crippen LogP) is 3.47. The van der Waals surface area contributed by atoms with Gasteiger partial charge >= 0.3 is 0 Å². The molecule has 0 aliphatic rings. The summed E-state index contributed by atoms with van der Waals surface area (Å²) in [7, 11) is 0. The van der Waals surface area contributed by atoms with E-state index >= 15 is 0 Å². The van der Waals surface area contributed by atoms with Crippen LogP contribution in [0.5, 0.6) is 0 Å². The largest absolute Gasteiger partial charge is 0.385 e. The number of aromatic nitrogens is 2. The molecule has 2 rings (SSSR count). The number of benzene rings is 1. The fourth-order valence-electron chi connectivity index (χ4n) is 1.58. The molecule has 0 bridgehead atoms. The van der Waals surface area contributed by atoms with Crippen LogP contribution in [0, 0.1) is 5.82 Å². The lowest BCUT2D eigenvalue weighted by molar-refractivity contribution is 0.153. The van der Waals surface area contributed by atoms with Crippen LogP contribution in [0.3, 0.4) is 0 Å². The molecule has 1 atom stereocenters. The number of rotatable bonds is 4. The first-order valence-electron chi connectivity index (χ1n) is 5.59. The van der Waals surface area contributed by atoms with E-state index < -0.39 is 11.9 Å². The van der Waals surface area contributed by atoms with E-state index in [4.69, 9.17) is 4.52 Å². The first-order chi connectivity index (χ1) is 8.63. The Labute approximate surface area is 112 Å². The third-order valence-electron chi connectivity index (χ3n) is 2.48. The molecular weight excluding hydrogens is 303 g/mol. The summed E-state index contributed by atoms with van der Waals surface area (Å²) in [6.45, 7) is 1.94. The van der Waals surface area contributed by atoms with Gasteiger partial charge < -0.3 is 9.63 Å². The monoisotopic (exact) mass is 314 g/mol. The molecule has 1 heterocycles. The second-order valence-electron chi connectivity index (χ2n) is 3.86. The summed E-state index contributed by atoms with van der Waals surface area (Å²) in [6.07, 6.45) is 0.560. The Hall–Kier alpha value is -1.27. The van der Waals surface area contributed by atoms with Crippen molar-refractivity contribution >= 4 is 15.9 Å². The molecule has 0 fully saturated rings. The minimum atomic E-state index is -0.780. The molecule has 18 heavy (non-hydrogen) atoms. The zero-order valence-electron chi connectivity index (χ0n) is 9.73. The summed E-state index contributed by atoms with van der Waals surface area (Å²) in [5.74, 6) is -0.211. The van der Waals surface area contributed by atoms with Gasteiger partial charge in [-0.05, 0) is 34.5 Å². The first kappa shape index (κ1) is 13.2. The van der Waals surface area contributed by atoms with Crippen LogP contribution in [0.1, 0.15) is 31.7 Å². The molecule has 1 aromatic heterocycles. The number of aliphatic hydroxyl groups is 1. The number of halogens is 2. The van der Waals surface area contributed by atoms with E-state index in [2.05, 4.69) is 26.1 Å². The second-order valence-corrected chi connectivity index (χ2v) is 4.71. The van der Waals surface area contributed by atoms with Gasteiger partial charge in [0.1, 0.15) is 11.9 Å². The first-order valence-corrected chi connectivity index (χ1v) is 6.38. The van der Waals surface area contributed by atoms with Crippen molar-refractivity contribution in [2.45, 2.75) is 25.9 Å². The van der Waals surface area contributed by atoms with Crippen LogP contribution in [0.4, 0.5) is 4.39 Å². The van der Waals surface area contributed by atoms with Crippen molar-refractivity contribution < 1.29 is 14.0 Å². The maximum Gasteiger partial charge on any atom is 0.262 e. The lowest BCUT2D eigenvalue weighted by atomic mass is 10.2. The Balaban J connectivity index is 2.35. The molecule has 0 aliphatic carbocycles. The summed E-state index contributed by atoms with van der Waals surface area (Å²) in [4.78, 5) is 4.02. The zero-order valence-corrected chi connectivity index (χ0v) is 11.3. The molecule has 0 saturated heterocycles. The minimum absolute atomic E-state index is 0.0603. The SMILES string of the molecule is CCCC(O)c1noc(-c2c(F)cccc2Br)n1. The van der Waals surface area contributed by atoms with Gasteiger partial charge in [-0.1, -0.05) is 24.6 Å². The van der Waals surface area contributed by atoms with E-state index in [0.717, 1.165) is 6.42 Å². The summed E-state index contributed by atoms with van der Waals surface area (Å²) in [6, 6.07) is 4.57. The molecule has 0 radical (unpaired) electrons. The normalized spacial score (nSPS) is 12.7. The Morgan fingerprint density at radius 3 is 2.94 bits per heavy atom. The maximum absolute atomic E-state index is 13.7. The predicted molar refractivity (Wildman–Crippen MR) is 67.3 cm³/mol. The van der Waals surface area contributed by atoms with Crippen molar-refractivity contribution in [2.24, 2.45) is 0 Å². The minimum Gasteiger partial charge on any atom is -0.385 e. The van der Waals surface area contributed by atoms with Crippen molar-refractivity contribution in [2.75, 3.05) is 0 Å². The van der Waals surface area contributed by atoms with Crippen molar-refractivity contribution in [3.8, 4) is 11.5 Å². The van der Waals surface area contributed by atoms with Crippen LogP contribution in [0.25, 0.3) is 11.5 Å². The van der Waals surface area contributed by atoms with E-state index in [1.807, 2.05) is 6.92 Å². The standard InChI is InChI=1S/C12H12BrFN2O2/c1-2-4-9(17)11-15-12(18-16-11)10-7(13)5-3-6-8(10)14/h3,5-6,9,17H,2,4H2,1H3. The Bertz CT molecular complexity index is 524. The van der Waals surface area contributed by atoms with Crippen molar-refractivity contribution in [1.82, 2.24) is 10.1 Å². The lowest BCUT2D eigenvalue weighted by Crippen LogP contribution is -1.99. The van der Waals surface area contributed by atoms with E-state index in [1.165, 1.54) is 6.07 Å². The molecule has 2 aromatic rings. The highest BCUT2D eigenvalue weighted by molar-refractivity contribution is 9.10. The Morgan fingerprint density at radius 2 is 2.28 bits per heavy atom. The van der Waals surface area contributed by atoms with Crippen LogP contribution in [0.15, 0.2) is 27.2 Å². The van der Waals surface area contributed by atoms with Gasteiger partial charge in [-0.2, -0.15) is 4.98 Å². The van der Waals surface area contributed by atoms with Crippen LogP contribution in [-0.2, 0) is 0 Å². The highest BCUT2D eigenvalue weighted by atomic mass is 79.9. The second kappa shape index (κ2) is 5.58. The summed E-state index contributed by atoms with van der Waals surface area (Å²) < 4.78 is 19.2. The van der Waals surface area contributed by atoms with Crippen molar-refractivity contribution in [1.29, 1.82) is 0 Å².